The van der Waals surface area contributed by atoms with Crippen molar-refractivity contribution < 1.29 is 9.47 Å². The van der Waals surface area contributed by atoms with Crippen LogP contribution in [0.1, 0.15) is 77.2 Å². The van der Waals surface area contributed by atoms with E-state index < -0.39 is 0 Å². The van der Waals surface area contributed by atoms with Gasteiger partial charge in [-0.05, 0) is 104 Å². The van der Waals surface area contributed by atoms with Crippen LogP contribution in [0.5, 0.6) is 5.75 Å². The summed E-state index contributed by atoms with van der Waals surface area (Å²) in [4.78, 5) is 1.33. The molecule has 0 radical (unpaired) electrons. The lowest BCUT2D eigenvalue weighted by Gasteiger charge is -2.38. The van der Waals surface area contributed by atoms with Gasteiger partial charge in [0.05, 0.1) is 12.7 Å². The quantitative estimate of drug-likeness (QED) is 0.297. The molecule has 0 bridgehead atoms. The molecule has 188 valence electrons. The summed E-state index contributed by atoms with van der Waals surface area (Å²) in [6.45, 7) is 6.04. The Balaban J connectivity index is 1.09. The first-order chi connectivity index (χ1) is 17.2. The molecule has 5 rings (SSSR count). The number of hydrogen-bond donors (Lipinski definition) is 0. The Labute approximate surface area is 216 Å². The molecule has 2 aliphatic rings. The van der Waals surface area contributed by atoms with Crippen molar-refractivity contribution in [1.82, 2.24) is 0 Å². The Morgan fingerprint density at radius 1 is 0.857 bits per heavy atom. The van der Waals surface area contributed by atoms with Gasteiger partial charge in [-0.25, -0.2) is 0 Å². The van der Waals surface area contributed by atoms with Gasteiger partial charge in [0.2, 0.25) is 0 Å². The lowest BCUT2D eigenvalue weighted by Crippen LogP contribution is -2.34. The molecule has 3 aromatic rings. The molecule has 0 spiro atoms. The zero-order valence-corrected chi connectivity index (χ0v) is 22.5. The van der Waals surface area contributed by atoms with Gasteiger partial charge in [0.25, 0.3) is 0 Å². The topological polar surface area (TPSA) is 18.5 Å². The van der Waals surface area contributed by atoms with Crippen molar-refractivity contribution in [3.05, 3.63) is 54.1 Å². The van der Waals surface area contributed by atoms with Gasteiger partial charge in [0.15, 0.2) is 0 Å². The Hall–Kier alpha value is -1.84. The predicted octanol–water partition coefficient (Wildman–Crippen LogP) is 9.30. The molecule has 2 aromatic carbocycles. The Morgan fingerprint density at radius 2 is 1.66 bits per heavy atom. The zero-order valence-electron chi connectivity index (χ0n) is 21.6. The third-order valence-corrected chi connectivity index (χ3v) is 9.55. The van der Waals surface area contributed by atoms with Gasteiger partial charge in [-0.15, -0.1) is 11.3 Å². The van der Waals surface area contributed by atoms with Crippen LogP contribution in [0.4, 0.5) is 0 Å². The van der Waals surface area contributed by atoms with Crippen LogP contribution in [0, 0.1) is 17.8 Å². The summed E-state index contributed by atoms with van der Waals surface area (Å²) in [7, 11) is 0. The van der Waals surface area contributed by atoms with E-state index in [0.717, 1.165) is 36.5 Å². The van der Waals surface area contributed by atoms with Crippen molar-refractivity contribution in [1.29, 1.82) is 0 Å². The van der Waals surface area contributed by atoms with E-state index >= 15 is 0 Å². The van der Waals surface area contributed by atoms with Crippen molar-refractivity contribution in [2.24, 2.45) is 17.8 Å². The average Bonchev–Trinajstić information content (AvgIpc) is 3.33. The molecule has 3 heteroatoms. The van der Waals surface area contributed by atoms with Gasteiger partial charge in [-0.2, -0.15) is 0 Å². The second-order valence-corrected chi connectivity index (χ2v) is 11.9. The maximum absolute atomic E-state index is 6.44. The maximum atomic E-state index is 6.44. The lowest BCUT2D eigenvalue weighted by atomic mass is 9.76. The molecule has 1 aliphatic heterocycles. The molecule has 1 aromatic heterocycles. The summed E-state index contributed by atoms with van der Waals surface area (Å²) >= 11 is 1.85. The zero-order chi connectivity index (χ0) is 24.0. The highest BCUT2D eigenvalue weighted by Gasteiger charge is 2.31. The summed E-state index contributed by atoms with van der Waals surface area (Å²) in [6, 6.07) is 18.0. The summed E-state index contributed by atoms with van der Waals surface area (Å²) in [5.41, 5.74) is 2.76. The van der Waals surface area contributed by atoms with Crippen LogP contribution in [-0.4, -0.2) is 19.3 Å². The first-order valence-electron chi connectivity index (χ1n) is 14.1. The van der Waals surface area contributed by atoms with E-state index in [2.05, 4.69) is 55.5 Å². The fourth-order valence-corrected chi connectivity index (χ4v) is 7.40. The molecule has 2 nitrogen and oxygen atoms in total. The molecule has 35 heavy (non-hydrogen) atoms. The third kappa shape index (κ3) is 6.30. The highest BCUT2D eigenvalue weighted by Crippen LogP contribution is 2.38. The van der Waals surface area contributed by atoms with Crippen LogP contribution in [0.2, 0.25) is 0 Å². The smallest absolute Gasteiger partial charge is 0.120 e. The molecule has 2 atom stereocenters. The van der Waals surface area contributed by atoms with Crippen molar-refractivity contribution >= 4 is 21.4 Å². The van der Waals surface area contributed by atoms with E-state index in [9.17, 15) is 0 Å². The fraction of sp³-hybridized carbons (Fsp3) is 0.562. The normalized spacial score (nSPS) is 25.1. The molecule has 1 aliphatic carbocycles. The fourth-order valence-electron chi connectivity index (χ4n) is 6.30. The summed E-state index contributed by atoms with van der Waals surface area (Å²) < 4.78 is 13.4. The lowest BCUT2D eigenvalue weighted by molar-refractivity contribution is -0.0594. The van der Waals surface area contributed by atoms with Gasteiger partial charge in [-0.1, -0.05) is 56.9 Å². The number of thiophene rings is 1. The van der Waals surface area contributed by atoms with Gasteiger partial charge in [0, 0.05) is 16.2 Å². The molecule has 2 unspecified atom stereocenters. The van der Waals surface area contributed by atoms with E-state index in [-0.39, 0.29) is 0 Å². The van der Waals surface area contributed by atoms with Crippen LogP contribution in [0.15, 0.2) is 48.5 Å². The Morgan fingerprint density at radius 3 is 2.37 bits per heavy atom. The molecule has 1 saturated carbocycles. The number of hydrogen-bond acceptors (Lipinski definition) is 3. The number of aryl methyl sites for hydroxylation is 1. The highest BCUT2D eigenvalue weighted by atomic mass is 32.1. The summed E-state index contributed by atoms with van der Waals surface area (Å²) in [5, 5.41) is 1.29. The molecular formula is C32H42O2S. The molecule has 2 heterocycles. The van der Waals surface area contributed by atoms with E-state index in [1.54, 1.807) is 0 Å². The minimum Gasteiger partial charge on any atom is -0.494 e. The predicted molar refractivity (Wildman–Crippen MR) is 150 cm³/mol. The maximum Gasteiger partial charge on any atom is 0.120 e. The van der Waals surface area contributed by atoms with Crippen molar-refractivity contribution in [3.63, 3.8) is 0 Å². The van der Waals surface area contributed by atoms with Gasteiger partial charge < -0.3 is 9.47 Å². The summed E-state index contributed by atoms with van der Waals surface area (Å²) in [6.07, 6.45) is 14.0. The minimum atomic E-state index is 0.541. The first kappa shape index (κ1) is 24.8. The number of fused-ring (bicyclic) bond motifs is 1. The van der Waals surface area contributed by atoms with Crippen LogP contribution in [0.25, 0.3) is 20.5 Å². The largest absolute Gasteiger partial charge is 0.494 e. The van der Waals surface area contributed by atoms with Crippen molar-refractivity contribution in [2.45, 2.75) is 84.2 Å². The van der Waals surface area contributed by atoms with Crippen molar-refractivity contribution in [2.75, 3.05) is 13.2 Å². The van der Waals surface area contributed by atoms with Crippen LogP contribution < -0.4 is 4.74 Å². The van der Waals surface area contributed by atoms with Crippen LogP contribution in [-0.2, 0) is 11.2 Å². The van der Waals surface area contributed by atoms with Crippen LogP contribution in [0.3, 0.4) is 0 Å². The van der Waals surface area contributed by atoms with E-state index in [0.29, 0.717) is 12.7 Å². The molecular weight excluding hydrogens is 448 g/mol. The second kappa shape index (κ2) is 11.9. The second-order valence-electron chi connectivity index (χ2n) is 10.9. The SMILES string of the molecule is CCCC1CCC(C2CCC(CCc3ccc(-c4cc5ccc(OCC)cc5s4)cc3)CO2)CC1. The average molecular weight is 491 g/mol. The summed E-state index contributed by atoms with van der Waals surface area (Å²) in [5.74, 6) is 3.51. The van der Waals surface area contributed by atoms with Crippen molar-refractivity contribution in [3.8, 4) is 16.2 Å². The van der Waals surface area contributed by atoms with Gasteiger partial charge in [0.1, 0.15) is 5.75 Å². The molecule has 2 fully saturated rings. The Kier molecular flexibility index (Phi) is 8.47. The van der Waals surface area contributed by atoms with E-state index in [4.69, 9.17) is 9.47 Å². The monoisotopic (exact) mass is 490 g/mol. The van der Waals surface area contributed by atoms with Gasteiger partial charge in [-0.3, -0.25) is 0 Å². The number of rotatable bonds is 9. The number of ether oxygens (including phenoxy) is 2. The van der Waals surface area contributed by atoms with Crippen LogP contribution >= 0.6 is 11.3 Å². The van der Waals surface area contributed by atoms with Gasteiger partial charge >= 0.3 is 0 Å². The molecule has 0 N–H and O–H groups in total. The Bertz CT molecular complexity index is 1050. The van der Waals surface area contributed by atoms with E-state index in [1.165, 1.54) is 83.9 Å². The highest BCUT2D eigenvalue weighted by molar-refractivity contribution is 7.22. The standard InChI is InChI=1S/C32H42O2S/c1-3-5-23-8-13-26(14-9-23)30-19-12-25(22-34-30)7-6-24-10-15-27(16-11-24)31-20-28-17-18-29(33-4-2)21-32(28)35-31/h10-11,15-18,20-21,23,25-26,30H,3-9,12-14,19,22H2,1-2H3. The van der Waals surface area contributed by atoms with E-state index in [1.807, 2.05) is 18.3 Å². The minimum absolute atomic E-state index is 0.541. The molecule has 0 amide bonds. The first-order valence-corrected chi connectivity index (χ1v) is 14.9. The molecule has 1 saturated heterocycles. The third-order valence-electron chi connectivity index (χ3n) is 8.40. The number of benzene rings is 2.